The first-order chi connectivity index (χ1) is 8.25. The van der Waals surface area contributed by atoms with Gasteiger partial charge in [0.05, 0.1) is 0 Å². The highest BCUT2D eigenvalue weighted by Crippen LogP contribution is 2.23. The summed E-state index contributed by atoms with van der Waals surface area (Å²) in [7, 11) is 0. The zero-order valence-corrected chi connectivity index (χ0v) is 11.1. The second-order valence-corrected chi connectivity index (χ2v) is 6.51. The van der Waals surface area contributed by atoms with Gasteiger partial charge in [0.1, 0.15) is 0 Å². The molecule has 1 N–H and O–H groups in total. The average Bonchev–Trinajstić information content (AvgIpc) is 2.35. The summed E-state index contributed by atoms with van der Waals surface area (Å²) in [6, 6.07) is 4.05. The van der Waals surface area contributed by atoms with E-state index in [1.165, 1.54) is 29.4 Å². The number of nitrogens with one attached hydrogen (secondary N) is 1. The topological polar surface area (TPSA) is 12.0 Å². The van der Waals surface area contributed by atoms with Crippen molar-refractivity contribution in [3.05, 3.63) is 35.4 Å². The van der Waals surface area contributed by atoms with E-state index >= 15 is 0 Å². The zero-order valence-electron chi connectivity index (χ0n) is 9.42. The van der Waals surface area contributed by atoms with E-state index in [0.29, 0.717) is 11.8 Å². The minimum Gasteiger partial charge on any atom is -0.312 e. The first-order valence-corrected chi connectivity index (χ1v) is 7.80. The molecule has 2 rings (SSSR count). The Morgan fingerprint density at radius 3 is 2.82 bits per heavy atom. The Labute approximate surface area is 109 Å². The lowest BCUT2D eigenvalue weighted by Crippen LogP contribution is -2.28. The molecule has 0 saturated carbocycles. The van der Waals surface area contributed by atoms with Crippen LogP contribution in [0.2, 0.25) is 0 Å². The van der Waals surface area contributed by atoms with Gasteiger partial charge in [-0.2, -0.15) is 23.5 Å². The molecule has 0 aliphatic carbocycles. The second kappa shape index (κ2) is 6.61. The summed E-state index contributed by atoms with van der Waals surface area (Å²) >= 11 is 3.97. The van der Waals surface area contributed by atoms with Crippen molar-refractivity contribution in [2.45, 2.75) is 11.8 Å². The van der Waals surface area contributed by atoms with Crippen LogP contribution in [0.1, 0.15) is 5.56 Å². The number of thioether (sulfide) groups is 2. The van der Waals surface area contributed by atoms with Crippen LogP contribution < -0.4 is 5.32 Å². The molecule has 0 radical (unpaired) electrons. The van der Waals surface area contributed by atoms with Gasteiger partial charge in [-0.05, 0) is 17.7 Å². The third-order valence-corrected chi connectivity index (χ3v) is 5.41. The third-order valence-electron chi connectivity index (χ3n) is 2.57. The molecular weight excluding hydrogens is 260 g/mol. The number of benzene rings is 1. The minimum atomic E-state index is -0.784. The van der Waals surface area contributed by atoms with Crippen molar-refractivity contribution < 1.29 is 8.78 Å². The van der Waals surface area contributed by atoms with Gasteiger partial charge in [-0.25, -0.2) is 8.78 Å². The fraction of sp³-hybridized carbons (Fsp3) is 0.500. The van der Waals surface area contributed by atoms with Crippen LogP contribution in [0.15, 0.2) is 18.2 Å². The molecule has 1 heterocycles. The highest BCUT2D eigenvalue weighted by molar-refractivity contribution is 8.06. The fourth-order valence-electron chi connectivity index (χ4n) is 1.68. The van der Waals surface area contributed by atoms with Crippen LogP contribution >= 0.6 is 23.5 Å². The molecule has 1 unspecified atom stereocenters. The van der Waals surface area contributed by atoms with Crippen LogP contribution in [0.5, 0.6) is 0 Å². The molecule has 0 amide bonds. The molecule has 1 aromatic rings. The molecule has 1 aliphatic heterocycles. The molecule has 0 aromatic heterocycles. The van der Waals surface area contributed by atoms with E-state index < -0.39 is 11.6 Å². The van der Waals surface area contributed by atoms with Gasteiger partial charge in [-0.1, -0.05) is 6.07 Å². The lowest BCUT2D eigenvalue weighted by Gasteiger charge is -2.21. The van der Waals surface area contributed by atoms with Crippen molar-refractivity contribution in [2.24, 2.45) is 0 Å². The molecule has 1 nitrogen and oxygen atoms in total. The second-order valence-electron chi connectivity index (χ2n) is 3.95. The van der Waals surface area contributed by atoms with Crippen LogP contribution in [0.25, 0.3) is 0 Å². The van der Waals surface area contributed by atoms with Gasteiger partial charge in [-0.15, -0.1) is 0 Å². The van der Waals surface area contributed by atoms with E-state index in [2.05, 4.69) is 5.32 Å². The standard InChI is InChI=1S/C12H15F2NS2/c13-11-2-1-9(5-12(11)14)6-15-7-10-8-16-3-4-17-10/h1-2,5,10,15H,3-4,6-8H2. The quantitative estimate of drug-likeness (QED) is 0.907. The Bertz CT molecular complexity index is 368. The van der Waals surface area contributed by atoms with E-state index in [0.717, 1.165) is 12.1 Å². The third kappa shape index (κ3) is 4.16. The molecular formula is C12H15F2NS2. The first-order valence-electron chi connectivity index (χ1n) is 5.59. The van der Waals surface area contributed by atoms with Gasteiger partial charge in [0, 0.05) is 35.6 Å². The lowest BCUT2D eigenvalue weighted by atomic mass is 10.2. The molecule has 1 atom stereocenters. The maximum atomic E-state index is 13.0. The SMILES string of the molecule is Fc1ccc(CNCC2CSCCS2)cc1F. The molecule has 1 aliphatic rings. The van der Waals surface area contributed by atoms with E-state index in [4.69, 9.17) is 0 Å². The highest BCUT2D eigenvalue weighted by Gasteiger charge is 2.13. The Morgan fingerprint density at radius 1 is 1.24 bits per heavy atom. The Balaban J connectivity index is 1.75. The normalized spacial score (nSPS) is 20.5. The van der Waals surface area contributed by atoms with E-state index in [9.17, 15) is 8.78 Å². The summed E-state index contributed by atoms with van der Waals surface area (Å²) in [5, 5.41) is 3.93. The van der Waals surface area contributed by atoms with E-state index in [1.807, 2.05) is 23.5 Å². The number of hydrogen-bond donors (Lipinski definition) is 1. The average molecular weight is 275 g/mol. The van der Waals surface area contributed by atoms with Crippen LogP contribution in [0.4, 0.5) is 8.78 Å². The summed E-state index contributed by atoms with van der Waals surface area (Å²) in [5.74, 6) is 2.07. The fourth-order valence-corrected chi connectivity index (χ4v) is 4.33. The molecule has 1 saturated heterocycles. The van der Waals surface area contributed by atoms with E-state index in [1.54, 1.807) is 6.07 Å². The molecule has 0 bridgehead atoms. The molecule has 1 aromatic carbocycles. The maximum Gasteiger partial charge on any atom is 0.159 e. The van der Waals surface area contributed by atoms with Crippen molar-refractivity contribution >= 4 is 23.5 Å². The number of halogens is 2. The van der Waals surface area contributed by atoms with Crippen molar-refractivity contribution in [1.82, 2.24) is 5.32 Å². The van der Waals surface area contributed by atoms with Gasteiger partial charge in [0.25, 0.3) is 0 Å². The van der Waals surface area contributed by atoms with Crippen LogP contribution in [0, 0.1) is 11.6 Å². The van der Waals surface area contributed by atoms with Crippen LogP contribution in [0.3, 0.4) is 0 Å². The first kappa shape index (κ1) is 13.2. The molecule has 0 spiro atoms. The smallest absolute Gasteiger partial charge is 0.159 e. The summed E-state index contributed by atoms with van der Waals surface area (Å²) < 4.78 is 25.7. The number of hydrogen-bond acceptors (Lipinski definition) is 3. The Morgan fingerprint density at radius 2 is 2.12 bits per heavy atom. The predicted molar refractivity (Wildman–Crippen MR) is 71.6 cm³/mol. The molecule has 17 heavy (non-hydrogen) atoms. The van der Waals surface area contributed by atoms with Crippen molar-refractivity contribution in [1.29, 1.82) is 0 Å². The summed E-state index contributed by atoms with van der Waals surface area (Å²) in [6.45, 7) is 1.52. The Hall–Kier alpha value is -0.260. The highest BCUT2D eigenvalue weighted by atomic mass is 32.2. The van der Waals surface area contributed by atoms with Gasteiger partial charge in [0.15, 0.2) is 11.6 Å². The molecule has 94 valence electrons. The summed E-state index contributed by atoms with van der Waals surface area (Å²) in [5.41, 5.74) is 0.789. The van der Waals surface area contributed by atoms with Gasteiger partial charge >= 0.3 is 0 Å². The minimum absolute atomic E-state index is 0.596. The van der Waals surface area contributed by atoms with E-state index in [-0.39, 0.29) is 0 Å². The van der Waals surface area contributed by atoms with Gasteiger partial charge in [-0.3, -0.25) is 0 Å². The van der Waals surface area contributed by atoms with Gasteiger partial charge < -0.3 is 5.32 Å². The number of rotatable bonds is 4. The van der Waals surface area contributed by atoms with Gasteiger partial charge in [0.2, 0.25) is 0 Å². The van der Waals surface area contributed by atoms with Crippen molar-refractivity contribution in [3.8, 4) is 0 Å². The summed E-state index contributed by atoms with van der Waals surface area (Å²) in [6.07, 6.45) is 0. The van der Waals surface area contributed by atoms with Crippen LogP contribution in [-0.2, 0) is 6.54 Å². The lowest BCUT2D eigenvalue weighted by molar-refractivity contribution is 0.506. The largest absolute Gasteiger partial charge is 0.312 e. The molecule has 5 heteroatoms. The monoisotopic (exact) mass is 275 g/mol. The Kier molecular flexibility index (Phi) is 5.13. The zero-order chi connectivity index (χ0) is 12.1. The maximum absolute atomic E-state index is 13.0. The molecule has 1 fully saturated rings. The summed E-state index contributed by atoms with van der Waals surface area (Å²) in [4.78, 5) is 0. The van der Waals surface area contributed by atoms with Crippen molar-refractivity contribution in [3.63, 3.8) is 0 Å². The predicted octanol–water partition coefficient (Wildman–Crippen LogP) is 2.90. The van der Waals surface area contributed by atoms with Crippen molar-refractivity contribution in [2.75, 3.05) is 23.8 Å². The van der Waals surface area contributed by atoms with Crippen LogP contribution in [-0.4, -0.2) is 29.1 Å².